The highest BCUT2D eigenvalue weighted by Gasteiger charge is 2.28. The number of sulfonamides is 1. The molecule has 7 heteroatoms. The van der Waals surface area contributed by atoms with Crippen LogP contribution in [-0.4, -0.2) is 26.9 Å². The Morgan fingerprint density at radius 2 is 1.53 bits per heavy atom. The maximum absolute atomic E-state index is 13.4. The van der Waals surface area contributed by atoms with Gasteiger partial charge in [0.1, 0.15) is 6.54 Å². The molecule has 1 N–H and O–H groups in total. The van der Waals surface area contributed by atoms with Crippen molar-refractivity contribution in [3.8, 4) is 0 Å². The summed E-state index contributed by atoms with van der Waals surface area (Å²) in [6, 6.07) is 13.2. The largest absolute Gasteiger partial charge is 0.352 e. The Balaban J connectivity index is 1.83. The van der Waals surface area contributed by atoms with E-state index in [0.717, 1.165) is 31.2 Å². The average Bonchev–Trinajstić information content (AvgIpc) is 2.69. The number of amides is 1. The summed E-state index contributed by atoms with van der Waals surface area (Å²) < 4.78 is 27.9. The maximum Gasteiger partial charge on any atom is 0.264 e. The third kappa shape index (κ3) is 5.99. The molecule has 0 unspecified atom stereocenters. The molecule has 0 saturated heterocycles. The third-order valence-electron chi connectivity index (χ3n) is 5.48. The van der Waals surface area contributed by atoms with Crippen LogP contribution in [-0.2, 0) is 14.8 Å². The normalized spacial score (nSPS) is 15.8. The first-order valence-electron chi connectivity index (χ1n) is 10.5. The number of halogens is 1. The molecule has 1 amide bonds. The second-order valence-electron chi connectivity index (χ2n) is 7.91. The van der Waals surface area contributed by atoms with Crippen molar-refractivity contribution in [2.45, 2.75) is 62.8 Å². The zero-order chi connectivity index (χ0) is 21.6. The minimum atomic E-state index is -3.92. The van der Waals surface area contributed by atoms with Crippen molar-refractivity contribution >= 4 is 33.2 Å². The number of hydrogen-bond donors (Lipinski definition) is 1. The second kappa shape index (κ2) is 10.3. The fraction of sp³-hybridized carbons (Fsp3) is 0.435. The van der Waals surface area contributed by atoms with Gasteiger partial charge < -0.3 is 5.32 Å². The minimum absolute atomic E-state index is 0.103. The molecular weight excluding hydrogens is 420 g/mol. The van der Waals surface area contributed by atoms with Crippen LogP contribution in [0.25, 0.3) is 0 Å². The molecule has 0 bridgehead atoms. The van der Waals surface area contributed by atoms with E-state index in [1.807, 2.05) is 19.1 Å². The van der Waals surface area contributed by atoms with E-state index >= 15 is 0 Å². The first-order chi connectivity index (χ1) is 14.4. The molecule has 0 heterocycles. The van der Waals surface area contributed by atoms with Gasteiger partial charge in [-0.1, -0.05) is 61.4 Å². The smallest absolute Gasteiger partial charge is 0.264 e. The predicted octanol–water partition coefficient (Wildman–Crippen LogP) is 5.07. The lowest BCUT2D eigenvalue weighted by molar-refractivity contribution is -0.120. The van der Waals surface area contributed by atoms with Crippen LogP contribution >= 0.6 is 11.6 Å². The number of benzene rings is 2. The molecular formula is C23H29ClN2O3S. The topological polar surface area (TPSA) is 66.5 Å². The molecule has 1 fully saturated rings. The van der Waals surface area contributed by atoms with Gasteiger partial charge in [-0.2, -0.15) is 0 Å². The van der Waals surface area contributed by atoms with Crippen molar-refractivity contribution in [2.75, 3.05) is 10.8 Å². The van der Waals surface area contributed by atoms with E-state index in [4.69, 9.17) is 11.6 Å². The molecule has 0 radical (unpaired) electrons. The van der Waals surface area contributed by atoms with Gasteiger partial charge in [-0.05, 0) is 56.2 Å². The van der Waals surface area contributed by atoms with Crippen molar-refractivity contribution in [2.24, 2.45) is 0 Å². The van der Waals surface area contributed by atoms with Crippen LogP contribution in [0.4, 0.5) is 5.69 Å². The lowest BCUT2D eigenvalue weighted by Crippen LogP contribution is -2.44. The van der Waals surface area contributed by atoms with Crippen molar-refractivity contribution in [3.63, 3.8) is 0 Å². The Morgan fingerprint density at radius 1 is 0.967 bits per heavy atom. The molecule has 3 rings (SSSR count). The number of anilines is 1. The summed E-state index contributed by atoms with van der Waals surface area (Å²) in [6.45, 7) is 1.67. The van der Waals surface area contributed by atoms with E-state index in [-0.39, 0.29) is 23.4 Å². The Morgan fingerprint density at radius 3 is 2.13 bits per heavy atom. The quantitative estimate of drug-likeness (QED) is 0.670. The fourth-order valence-corrected chi connectivity index (χ4v) is 5.31. The van der Waals surface area contributed by atoms with Crippen molar-refractivity contribution in [3.05, 3.63) is 59.1 Å². The van der Waals surface area contributed by atoms with E-state index in [2.05, 4.69) is 5.32 Å². The molecule has 1 saturated carbocycles. The van der Waals surface area contributed by atoms with E-state index < -0.39 is 10.0 Å². The maximum atomic E-state index is 13.4. The van der Waals surface area contributed by atoms with Crippen LogP contribution in [0.2, 0.25) is 5.02 Å². The molecule has 2 aromatic carbocycles. The summed E-state index contributed by atoms with van der Waals surface area (Å²) in [4.78, 5) is 13.0. The monoisotopic (exact) mass is 448 g/mol. The summed E-state index contributed by atoms with van der Waals surface area (Å²) in [5.41, 5.74) is 1.48. The summed E-state index contributed by atoms with van der Waals surface area (Å²) >= 11 is 5.92. The molecule has 2 aromatic rings. The highest BCUT2D eigenvalue weighted by molar-refractivity contribution is 7.92. The number of carbonyl (C=O) groups excluding carboxylic acids is 1. The lowest BCUT2D eigenvalue weighted by Gasteiger charge is -2.26. The Labute approximate surface area is 184 Å². The zero-order valence-corrected chi connectivity index (χ0v) is 18.9. The SMILES string of the molecule is Cc1ccc(N(CC(=O)NC2CCCCCCC2)S(=O)(=O)c2ccc(Cl)cc2)cc1. The van der Waals surface area contributed by atoms with Crippen LogP contribution in [0.15, 0.2) is 53.4 Å². The molecule has 5 nitrogen and oxygen atoms in total. The zero-order valence-electron chi connectivity index (χ0n) is 17.3. The molecule has 0 aromatic heterocycles. The number of hydrogen-bond acceptors (Lipinski definition) is 3. The van der Waals surface area contributed by atoms with Crippen molar-refractivity contribution in [1.82, 2.24) is 5.32 Å². The van der Waals surface area contributed by atoms with Gasteiger partial charge in [0.15, 0.2) is 0 Å². The summed E-state index contributed by atoms with van der Waals surface area (Å²) in [7, 11) is -3.92. The first kappa shape index (κ1) is 22.6. The summed E-state index contributed by atoms with van der Waals surface area (Å²) in [5.74, 6) is -0.279. The molecule has 30 heavy (non-hydrogen) atoms. The number of carbonyl (C=O) groups is 1. The highest BCUT2D eigenvalue weighted by atomic mass is 35.5. The molecule has 0 atom stereocenters. The van der Waals surface area contributed by atoms with Gasteiger partial charge in [-0.15, -0.1) is 0 Å². The number of aryl methyl sites for hydroxylation is 1. The number of rotatable bonds is 6. The van der Waals surface area contributed by atoms with Crippen LogP contribution in [0.5, 0.6) is 0 Å². The first-order valence-corrected chi connectivity index (χ1v) is 12.3. The Bertz CT molecular complexity index is 935. The lowest BCUT2D eigenvalue weighted by atomic mass is 9.97. The van der Waals surface area contributed by atoms with E-state index in [1.54, 1.807) is 12.1 Å². The predicted molar refractivity (Wildman–Crippen MR) is 121 cm³/mol. The van der Waals surface area contributed by atoms with Gasteiger partial charge in [0.2, 0.25) is 5.91 Å². The van der Waals surface area contributed by atoms with Crippen LogP contribution in [0, 0.1) is 6.92 Å². The molecule has 0 aliphatic heterocycles. The molecule has 0 spiro atoms. The van der Waals surface area contributed by atoms with Crippen LogP contribution in [0.1, 0.15) is 50.5 Å². The van der Waals surface area contributed by atoms with Crippen LogP contribution < -0.4 is 9.62 Å². The Hall–Kier alpha value is -2.05. The summed E-state index contributed by atoms with van der Waals surface area (Å²) in [5, 5.41) is 3.52. The van der Waals surface area contributed by atoms with Crippen LogP contribution in [0.3, 0.4) is 0 Å². The third-order valence-corrected chi connectivity index (χ3v) is 7.52. The van der Waals surface area contributed by atoms with E-state index in [0.29, 0.717) is 10.7 Å². The standard InChI is InChI=1S/C23H29ClN2O3S/c1-18-9-13-21(14-10-18)26(30(28,29)22-15-11-19(24)12-16-22)17-23(27)25-20-7-5-3-2-4-6-8-20/h9-16,20H,2-8,17H2,1H3,(H,25,27). The van der Waals surface area contributed by atoms with Gasteiger partial charge in [-0.25, -0.2) is 8.42 Å². The number of nitrogens with one attached hydrogen (secondary N) is 1. The van der Waals surface area contributed by atoms with Crippen molar-refractivity contribution < 1.29 is 13.2 Å². The molecule has 1 aliphatic rings. The van der Waals surface area contributed by atoms with Gasteiger partial charge in [-0.3, -0.25) is 9.10 Å². The van der Waals surface area contributed by atoms with E-state index in [1.165, 1.54) is 47.8 Å². The molecule has 1 aliphatic carbocycles. The minimum Gasteiger partial charge on any atom is -0.352 e. The van der Waals surface area contributed by atoms with Gasteiger partial charge >= 0.3 is 0 Å². The van der Waals surface area contributed by atoms with Crippen molar-refractivity contribution in [1.29, 1.82) is 0 Å². The van der Waals surface area contributed by atoms with Gasteiger partial charge in [0.05, 0.1) is 10.6 Å². The summed E-state index contributed by atoms with van der Waals surface area (Å²) in [6.07, 6.45) is 7.70. The molecule has 162 valence electrons. The fourth-order valence-electron chi connectivity index (χ4n) is 3.76. The Kier molecular flexibility index (Phi) is 7.78. The number of nitrogens with zero attached hydrogens (tertiary/aromatic N) is 1. The van der Waals surface area contributed by atoms with Gasteiger partial charge in [0.25, 0.3) is 10.0 Å². The highest BCUT2D eigenvalue weighted by Crippen LogP contribution is 2.25. The van der Waals surface area contributed by atoms with E-state index in [9.17, 15) is 13.2 Å². The second-order valence-corrected chi connectivity index (χ2v) is 10.2. The average molecular weight is 449 g/mol. The van der Waals surface area contributed by atoms with Gasteiger partial charge in [0, 0.05) is 11.1 Å².